The summed E-state index contributed by atoms with van der Waals surface area (Å²) in [5.74, 6) is -0.306. The van der Waals surface area contributed by atoms with E-state index in [0.717, 1.165) is 41.0 Å². The van der Waals surface area contributed by atoms with Crippen molar-refractivity contribution in [3.8, 4) is 16.9 Å². The van der Waals surface area contributed by atoms with Crippen molar-refractivity contribution in [1.82, 2.24) is 9.78 Å². The zero-order valence-corrected chi connectivity index (χ0v) is 18.9. The Labute approximate surface area is 188 Å². The van der Waals surface area contributed by atoms with Gasteiger partial charge in [-0.25, -0.2) is 4.68 Å². The van der Waals surface area contributed by atoms with Crippen molar-refractivity contribution in [2.75, 3.05) is 7.11 Å². The van der Waals surface area contributed by atoms with Gasteiger partial charge in [0.05, 0.1) is 24.1 Å². The highest BCUT2D eigenvalue weighted by Crippen LogP contribution is 2.42. The Balaban J connectivity index is 1.83. The Hall–Kier alpha value is -2.96. The zero-order chi connectivity index (χ0) is 22.7. The molecule has 1 heterocycles. The summed E-state index contributed by atoms with van der Waals surface area (Å²) in [6.07, 6.45) is 3.12. The molecule has 1 aliphatic carbocycles. The van der Waals surface area contributed by atoms with Crippen molar-refractivity contribution >= 4 is 5.97 Å². The second kappa shape index (κ2) is 9.27. The highest BCUT2D eigenvalue weighted by atomic mass is 16.6. The summed E-state index contributed by atoms with van der Waals surface area (Å²) in [5.41, 5.74) is 4.85. The molecule has 0 unspecified atom stereocenters. The van der Waals surface area contributed by atoms with E-state index in [-0.39, 0.29) is 18.7 Å². The van der Waals surface area contributed by atoms with Gasteiger partial charge in [0, 0.05) is 19.6 Å². The van der Waals surface area contributed by atoms with Crippen LogP contribution in [0.25, 0.3) is 16.9 Å². The van der Waals surface area contributed by atoms with Gasteiger partial charge in [0.25, 0.3) is 0 Å². The number of esters is 1. The number of aliphatic hydroxyl groups excluding tert-OH is 1. The molecule has 0 bridgehead atoms. The lowest BCUT2D eigenvalue weighted by Gasteiger charge is -2.37. The minimum atomic E-state index is -0.767. The smallest absolute Gasteiger partial charge is 0.303 e. The molecule has 0 radical (unpaired) electrons. The largest absolute Gasteiger partial charge is 0.453 e. The summed E-state index contributed by atoms with van der Waals surface area (Å²) in [7, 11) is 1.73. The average molecular weight is 435 g/mol. The number of aromatic nitrogens is 2. The van der Waals surface area contributed by atoms with Crippen LogP contribution in [0.5, 0.6) is 0 Å². The molecule has 1 fully saturated rings. The van der Waals surface area contributed by atoms with Crippen LogP contribution in [-0.2, 0) is 26.5 Å². The second-order valence-electron chi connectivity index (χ2n) is 8.54. The number of benzene rings is 2. The highest BCUT2D eigenvalue weighted by molar-refractivity contribution is 5.67. The molecule has 2 aromatic carbocycles. The Kier molecular flexibility index (Phi) is 6.44. The zero-order valence-electron chi connectivity index (χ0n) is 18.9. The van der Waals surface area contributed by atoms with Gasteiger partial charge in [-0.2, -0.15) is 5.10 Å². The first-order chi connectivity index (χ1) is 15.4. The second-order valence-corrected chi connectivity index (χ2v) is 8.54. The van der Waals surface area contributed by atoms with Crippen LogP contribution in [0.15, 0.2) is 54.6 Å². The summed E-state index contributed by atoms with van der Waals surface area (Å²) in [6.45, 7) is 3.51. The molecule has 4 rings (SSSR count). The van der Waals surface area contributed by atoms with E-state index in [9.17, 15) is 9.90 Å². The lowest BCUT2D eigenvalue weighted by Crippen LogP contribution is -2.38. The lowest BCUT2D eigenvalue weighted by atomic mass is 9.80. The molecular weight excluding hydrogens is 404 g/mol. The van der Waals surface area contributed by atoms with Crippen molar-refractivity contribution in [3.05, 3.63) is 71.4 Å². The van der Waals surface area contributed by atoms with Gasteiger partial charge in [-0.3, -0.25) is 4.79 Å². The van der Waals surface area contributed by atoms with Crippen LogP contribution in [-0.4, -0.2) is 34.1 Å². The molecule has 1 aromatic heterocycles. The van der Waals surface area contributed by atoms with Gasteiger partial charge >= 0.3 is 5.97 Å². The topological polar surface area (TPSA) is 73.6 Å². The molecule has 6 nitrogen and oxygen atoms in total. The minimum absolute atomic E-state index is 0.00825. The van der Waals surface area contributed by atoms with Crippen LogP contribution in [0.2, 0.25) is 0 Å². The number of rotatable bonds is 6. The number of aryl methyl sites for hydroxylation is 1. The maximum absolute atomic E-state index is 12.1. The maximum Gasteiger partial charge on any atom is 0.303 e. The van der Waals surface area contributed by atoms with E-state index in [1.54, 1.807) is 7.11 Å². The van der Waals surface area contributed by atoms with Crippen LogP contribution in [0, 0.1) is 6.92 Å². The Morgan fingerprint density at radius 1 is 1.12 bits per heavy atom. The maximum atomic E-state index is 12.1. The average Bonchev–Trinajstić information content (AvgIpc) is 3.26. The van der Waals surface area contributed by atoms with E-state index in [1.807, 2.05) is 35.0 Å². The van der Waals surface area contributed by atoms with E-state index >= 15 is 0 Å². The molecule has 1 aliphatic rings. The van der Waals surface area contributed by atoms with Gasteiger partial charge in [-0.05, 0) is 56.4 Å². The molecule has 6 heteroatoms. The van der Waals surface area contributed by atoms with E-state index in [4.69, 9.17) is 14.6 Å². The molecule has 0 spiro atoms. The molecule has 3 aromatic rings. The van der Waals surface area contributed by atoms with Crippen LogP contribution in [0.4, 0.5) is 0 Å². The van der Waals surface area contributed by atoms with Crippen molar-refractivity contribution in [1.29, 1.82) is 0 Å². The summed E-state index contributed by atoms with van der Waals surface area (Å²) >= 11 is 0. The van der Waals surface area contributed by atoms with E-state index in [1.165, 1.54) is 12.5 Å². The summed E-state index contributed by atoms with van der Waals surface area (Å²) in [4.78, 5) is 12.1. The number of carbonyl (C=O) groups is 1. The number of aliphatic hydroxyl groups is 1. The molecule has 0 saturated heterocycles. The van der Waals surface area contributed by atoms with E-state index in [2.05, 4.69) is 31.2 Å². The minimum Gasteiger partial charge on any atom is -0.453 e. The Morgan fingerprint density at radius 3 is 2.34 bits per heavy atom. The van der Waals surface area contributed by atoms with Crippen molar-refractivity contribution in [3.63, 3.8) is 0 Å². The first-order valence-electron chi connectivity index (χ1n) is 11.0. The van der Waals surface area contributed by atoms with Crippen LogP contribution < -0.4 is 0 Å². The fourth-order valence-corrected chi connectivity index (χ4v) is 4.45. The molecule has 0 atom stereocenters. The van der Waals surface area contributed by atoms with Gasteiger partial charge in [0.2, 0.25) is 0 Å². The van der Waals surface area contributed by atoms with Crippen LogP contribution >= 0.6 is 0 Å². The number of hydrogen-bond donors (Lipinski definition) is 1. The first-order valence-corrected chi connectivity index (χ1v) is 11.0. The number of hydrogen-bond acceptors (Lipinski definition) is 5. The predicted molar refractivity (Wildman–Crippen MR) is 122 cm³/mol. The van der Waals surface area contributed by atoms with Gasteiger partial charge in [0.1, 0.15) is 5.69 Å². The SMILES string of the molecule is COC1CCC(OC(C)=O)(c2cc(-c3ccc(C)cc3)n(-c3ccc(CO)cc3)n2)CC1. The normalized spacial score (nSPS) is 20.8. The molecule has 1 saturated carbocycles. The summed E-state index contributed by atoms with van der Waals surface area (Å²) < 4.78 is 13.4. The monoisotopic (exact) mass is 434 g/mol. The quantitative estimate of drug-likeness (QED) is 0.570. The van der Waals surface area contributed by atoms with Crippen molar-refractivity contribution < 1.29 is 19.4 Å². The molecule has 0 aliphatic heterocycles. The van der Waals surface area contributed by atoms with Crippen LogP contribution in [0.1, 0.15) is 49.4 Å². The van der Waals surface area contributed by atoms with Gasteiger partial charge in [0.15, 0.2) is 5.60 Å². The third kappa shape index (κ3) is 4.47. The highest BCUT2D eigenvalue weighted by Gasteiger charge is 2.42. The molecule has 0 amide bonds. The number of methoxy groups -OCH3 is 1. The molecule has 168 valence electrons. The fraction of sp³-hybridized carbons (Fsp3) is 0.385. The molecular formula is C26H30N2O4. The van der Waals surface area contributed by atoms with Crippen molar-refractivity contribution in [2.45, 2.75) is 57.8 Å². The third-order valence-electron chi connectivity index (χ3n) is 6.30. The number of carbonyl (C=O) groups excluding carboxylic acids is 1. The number of nitrogens with zero attached hydrogens (tertiary/aromatic N) is 2. The van der Waals surface area contributed by atoms with E-state index < -0.39 is 5.60 Å². The Bertz CT molecular complexity index is 1060. The van der Waals surface area contributed by atoms with Gasteiger partial charge in [-0.1, -0.05) is 42.0 Å². The van der Waals surface area contributed by atoms with E-state index in [0.29, 0.717) is 12.8 Å². The first kappa shape index (κ1) is 22.2. The van der Waals surface area contributed by atoms with Gasteiger partial charge in [-0.15, -0.1) is 0 Å². The predicted octanol–water partition coefficient (Wildman–Crippen LogP) is 4.69. The van der Waals surface area contributed by atoms with Gasteiger partial charge < -0.3 is 14.6 Å². The Morgan fingerprint density at radius 2 is 1.78 bits per heavy atom. The summed E-state index contributed by atoms with van der Waals surface area (Å²) in [5, 5.41) is 14.4. The molecule has 1 N–H and O–H groups in total. The third-order valence-corrected chi connectivity index (χ3v) is 6.30. The van der Waals surface area contributed by atoms with Crippen molar-refractivity contribution in [2.24, 2.45) is 0 Å². The lowest BCUT2D eigenvalue weighted by molar-refractivity contribution is -0.166. The summed E-state index contributed by atoms with van der Waals surface area (Å²) in [6, 6.07) is 18.0. The van der Waals surface area contributed by atoms with Crippen LogP contribution in [0.3, 0.4) is 0 Å². The molecule has 32 heavy (non-hydrogen) atoms. The standard InChI is InChI=1S/C26H30N2O4/c1-18-4-8-21(9-5-18)24-16-25(27-28(24)22-10-6-20(17-29)7-11-22)26(32-19(2)30)14-12-23(31-3)13-15-26/h4-11,16,23,29H,12-15,17H2,1-3H3. The fourth-order valence-electron chi connectivity index (χ4n) is 4.45. The number of ether oxygens (including phenoxy) is 2.